The fraction of sp³-hybridized carbons (Fsp3) is 0.300. The largest absolute Gasteiger partial charge is 0.439 e. The van der Waals surface area contributed by atoms with Gasteiger partial charge in [0.1, 0.15) is 11.5 Å². The molecule has 9 heteroatoms. The maximum Gasteiger partial charge on any atom is 0.387 e. The van der Waals surface area contributed by atoms with E-state index in [1.54, 1.807) is 22.7 Å². The van der Waals surface area contributed by atoms with Gasteiger partial charge in [-0.25, -0.2) is 4.98 Å². The van der Waals surface area contributed by atoms with Crippen LogP contribution in [0, 0.1) is 0 Å². The number of hydrogen-bond donors (Lipinski definition) is 1. The second-order valence-corrected chi connectivity index (χ2v) is 10.4. The van der Waals surface area contributed by atoms with Gasteiger partial charge in [-0.1, -0.05) is 29.5 Å². The van der Waals surface area contributed by atoms with Crippen LogP contribution in [0.2, 0.25) is 0 Å². The monoisotopic (exact) mass is 449 g/mol. The maximum atomic E-state index is 10.9. The number of nitrogens with zero attached hydrogens (tertiary/aromatic N) is 2. The lowest BCUT2D eigenvalue weighted by Gasteiger charge is -2.05. The number of benzene rings is 1. The van der Waals surface area contributed by atoms with Crippen molar-refractivity contribution in [2.75, 3.05) is 12.4 Å². The van der Waals surface area contributed by atoms with Gasteiger partial charge >= 0.3 is 5.88 Å². The highest BCUT2D eigenvalue weighted by molar-refractivity contribution is 7.85. The summed E-state index contributed by atoms with van der Waals surface area (Å²) in [7, 11) is -3.92. The minimum Gasteiger partial charge on any atom is -0.439 e. The molecule has 2 aromatic heterocycles. The molecule has 0 amide bonds. The molecular formula is C20H21N2O4S3+. The van der Waals surface area contributed by atoms with Crippen molar-refractivity contribution >= 4 is 55.2 Å². The molecule has 0 saturated carbocycles. The molecule has 3 heterocycles. The Morgan fingerprint density at radius 3 is 2.93 bits per heavy atom. The standard InChI is InChI=1S/C20H20N2O4S3/c23-29(24,25)14-4-3-12-22-19(28-17-9-6-13-26-20(17)22)11-5-10-18-21-15-7-1-2-8-16(15)27-18/h1-2,5-9,11H,3-4,10,12-14H2/p+1. The van der Waals surface area contributed by atoms with Crippen molar-refractivity contribution in [1.82, 2.24) is 4.98 Å². The van der Waals surface area contributed by atoms with Crippen molar-refractivity contribution in [3.05, 3.63) is 51.3 Å². The molecule has 29 heavy (non-hydrogen) atoms. The summed E-state index contributed by atoms with van der Waals surface area (Å²) in [6, 6.07) is 8.12. The van der Waals surface area contributed by atoms with E-state index in [4.69, 9.17) is 9.29 Å². The first kappa shape index (κ1) is 20.2. The quantitative estimate of drug-likeness (QED) is 0.320. The molecular weight excluding hydrogens is 428 g/mol. The van der Waals surface area contributed by atoms with Crippen LogP contribution < -0.4 is 9.30 Å². The predicted octanol–water partition coefficient (Wildman–Crippen LogP) is 3.97. The van der Waals surface area contributed by atoms with Crippen LogP contribution >= 0.6 is 22.7 Å². The van der Waals surface area contributed by atoms with Crippen molar-refractivity contribution < 1.29 is 22.3 Å². The van der Waals surface area contributed by atoms with Crippen LogP contribution in [-0.2, 0) is 23.1 Å². The Morgan fingerprint density at radius 2 is 2.10 bits per heavy atom. The lowest BCUT2D eigenvalue weighted by Crippen LogP contribution is -2.37. The van der Waals surface area contributed by atoms with Gasteiger partial charge < -0.3 is 4.74 Å². The van der Waals surface area contributed by atoms with Gasteiger partial charge in [-0.15, -0.1) is 11.3 Å². The van der Waals surface area contributed by atoms with Gasteiger partial charge in [-0.2, -0.15) is 13.0 Å². The normalized spacial score (nSPS) is 13.8. The van der Waals surface area contributed by atoms with E-state index >= 15 is 0 Å². The van der Waals surface area contributed by atoms with E-state index < -0.39 is 10.1 Å². The minimum absolute atomic E-state index is 0.219. The van der Waals surface area contributed by atoms with Gasteiger partial charge in [0.25, 0.3) is 15.1 Å². The molecule has 0 fully saturated rings. The summed E-state index contributed by atoms with van der Waals surface area (Å²) in [6.45, 7) is 1.17. The Kier molecular flexibility index (Phi) is 6.09. The van der Waals surface area contributed by atoms with E-state index in [9.17, 15) is 8.42 Å². The topological polar surface area (TPSA) is 80.4 Å². The summed E-state index contributed by atoms with van der Waals surface area (Å²) < 4.78 is 39.9. The molecule has 0 aliphatic carbocycles. The molecule has 1 N–H and O–H groups in total. The Labute approximate surface area is 177 Å². The van der Waals surface area contributed by atoms with Crippen molar-refractivity contribution in [3.63, 3.8) is 0 Å². The number of aromatic nitrogens is 2. The van der Waals surface area contributed by atoms with E-state index in [0.29, 0.717) is 26.0 Å². The van der Waals surface area contributed by atoms with Gasteiger partial charge in [0, 0.05) is 18.9 Å². The van der Waals surface area contributed by atoms with Crippen molar-refractivity contribution in [2.45, 2.75) is 25.8 Å². The zero-order valence-electron chi connectivity index (χ0n) is 15.7. The van der Waals surface area contributed by atoms with Crippen molar-refractivity contribution in [2.24, 2.45) is 0 Å². The van der Waals surface area contributed by atoms with Crippen LogP contribution in [0.25, 0.3) is 22.4 Å². The first-order valence-electron chi connectivity index (χ1n) is 9.32. The Bertz CT molecular complexity index is 1140. The van der Waals surface area contributed by atoms with Gasteiger partial charge in [0.05, 0.1) is 21.0 Å². The number of para-hydroxylation sites is 1. The minimum atomic E-state index is -3.92. The molecule has 0 radical (unpaired) electrons. The number of allylic oxidation sites excluding steroid dienone is 1. The molecule has 0 unspecified atom stereocenters. The third-order valence-electron chi connectivity index (χ3n) is 4.45. The van der Waals surface area contributed by atoms with Crippen LogP contribution in [0.1, 0.15) is 27.7 Å². The van der Waals surface area contributed by atoms with Crippen LogP contribution in [0.3, 0.4) is 0 Å². The lowest BCUT2D eigenvalue weighted by molar-refractivity contribution is -0.699. The third kappa shape index (κ3) is 5.11. The van der Waals surface area contributed by atoms with Crippen LogP contribution in [0.5, 0.6) is 5.88 Å². The van der Waals surface area contributed by atoms with Crippen LogP contribution in [0.4, 0.5) is 0 Å². The summed E-state index contributed by atoms with van der Waals surface area (Å²) in [5.41, 5.74) is 1.03. The van der Waals surface area contributed by atoms with E-state index in [1.807, 2.05) is 24.3 Å². The molecule has 152 valence electrons. The highest BCUT2D eigenvalue weighted by Gasteiger charge is 2.27. The lowest BCUT2D eigenvalue weighted by atomic mass is 10.3. The Hall–Kier alpha value is -2.07. The van der Waals surface area contributed by atoms with Gasteiger partial charge in [-0.05, 0) is 30.7 Å². The molecule has 1 aliphatic heterocycles. The highest BCUT2D eigenvalue weighted by atomic mass is 32.2. The van der Waals surface area contributed by atoms with Crippen molar-refractivity contribution in [1.29, 1.82) is 0 Å². The molecule has 3 aromatic rings. The zero-order valence-corrected chi connectivity index (χ0v) is 18.1. The van der Waals surface area contributed by atoms with E-state index in [-0.39, 0.29) is 5.75 Å². The molecule has 0 spiro atoms. The summed E-state index contributed by atoms with van der Waals surface area (Å²) in [5.74, 6) is 0.604. The predicted molar refractivity (Wildman–Crippen MR) is 117 cm³/mol. The van der Waals surface area contributed by atoms with Gasteiger partial charge in [0.2, 0.25) is 0 Å². The molecule has 0 saturated heterocycles. The number of hydrogen-bond acceptors (Lipinski definition) is 6. The number of unbranched alkanes of at least 4 members (excludes halogenated alkanes) is 1. The second kappa shape index (κ2) is 8.74. The average molecular weight is 450 g/mol. The summed E-state index contributed by atoms with van der Waals surface area (Å²) >= 11 is 3.35. The first-order valence-corrected chi connectivity index (χ1v) is 12.6. The van der Waals surface area contributed by atoms with Gasteiger partial charge in [0.15, 0.2) is 6.54 Å². The number of ether oxygens (including phenoxy) is 1. The Balaban J connectivity index is 1.48. The second-order valence-electron chi connectivity index (χ2n) is 6.65. The zero-order chi connectivity index (χ0) is 20.3. The van der Waals surface area contributed by atoms with E-state index in [2.05, 4.69) is 33.8 Å². The smallest absolute Gasteiger partial charge is 0.387 e. The number of fused-ring (bicyclic) bond motifs is 2. The van der Waals surface area contributed by atoms with E-state index in [1.165, 1.54) is 4.70 Å². The van der Waals surface area contributed by atoms with Crippen LogP contribution in [-0.4, -0.2) is 30.3 Å². The van der Waals surface area contributed by atoms with Crippen molar-refractivity contribution in [3.8, 4) is 5.88 Å². The molecule has 4 rings (SSSR count). The van der Waals surface area contributed by atoms with Gasteiger partial charge in [-0.3, -0.25) is 4.55 Å². The van der Waals surface area contributed by atoms with E-state index in [0.717, 1.165) is 32.7 Å². The molecule has 0 bridgehead atoms. The maximum absolute atomic E-state index is 10.9. The first-order chi connectivity index (χ1) is 14.0. The van der Waals surface area contributed by atoms with Crippen LogP contribution in [0.15, 0.2) is 36.4 Å². The highest BCUT2D eigenvalue weighted by Crippen LogP contribution is 2.29. The summed E-state index contributed by atoms with van der Waals surface area (Å²) in [4.78, 5) is 5.72. The SMILES string of the molecule is O=S(=O)(O)CCCC[n+]1c(C=CCc2nc3ccccc3s2)sc2c1OCC=C2. The molecule has 6 nitrogen and oxygen atoms in total. The summed E-state index contributed by atoms with van der Waals surface area (Å²) in [5, 5.41) is 2.12. The molecule has 1 aromatic carbocycles. The average Bonchev–Trinajstić information content (AvgIpc) is 3.25. The summed E-state index contributed by atoms with van der Waals surface area (Å²) in [6.07, 6.45) is 10.0. The molecule has 1 aliphatic rings. The third-order valence-corrected chi connectivity index (χ3v) is 7.41. The fourth-order valence-corrected chi connectivity index (χ4v) is 5.74. The Morgan fingerprint density at radius 1 is 1.24 bits per heavy atom. The number of thiazole rings is 2. The fourth-order valence-electron chi connectivity index (χ4n) is 3.14. The number of rotatable bonds is 8. The molecule has 0 atom stereocenters.